The van der Waals surface area contributed by atoms with E-state index in [2.05, 4.69) is 0 Å². The Bertz CT molecular complexity index is 343. The van der Waals surface area contributed by atoms with Crippen molar-refractivity contribution in [3.8, 4) is 5.75 Å². The molecule has 0 saturated heterocycles. The highest BCUT2D eigenvalue weighted by atomic mass is 19.1. The maximum absolute atomic E-state index is 13.3. The summed E-state index contributed by atoms with van der Waals surface area (Å²) in [7, 11) is 0. The highest BCUT2D eigenvalue weighted by molar-refractivity contribution is 5.38. The van der Waals surface area contributed by atoms with Gasteiger partial charge in [-0.2, -0.15) is 0 Å². The van der Waals surface area contributed by atoms with Crippen LogP contribution in [0.1, 0.15) is 18.1 Å². The number of rotatable bonds is 0. The van der Waals surface area contributed by atoms with Crippen LogP contribution in [0.5, 0.6) is 5.75 Å². The normalized spacial score (nSPS) is 26.2. The molecule has 0 saturated carbocycles. The van der Waals surface area contributed by atoms with Crippen molar-refractivity contribution in [2.75, 3.05) is 6.61 Å². The number of ether oxygens (including phenoxy) is 1. The Balaban J connectivity index is 2.48. The standard InChI is InChI=1S/C10H12FNO2/c11-7-3-1-2-6-9(13)8(12)4-5-14-10(6)7/h1-3,8-9,13H,4-5,12H2/t8-,9-/m1/s1. The number of fused-ring (bicyclic) bond motifs is 1. The van der Waals surface area contributed by atoms with Gasteiger partial charge >= 0.3 is 0 Å². The van der Waals surface area contributed by atoms with Gasteiger partial charge < -0.3 is 15.6 Å². The van der Waals surface area contributed by atoms with Crippen molar-refractivity contribution < 1.29 is 14.2 Å². The van der Waals surface area contributed by atoms with Crippen molar-refractivity contribution in [3.63, 3.8) is 0 Å². The summed E-state index contributed by atoms with van der Waals surface area (Å²) < 4.78 is 18.5. The lowest BCUT2D eigenvalue weighted by atomic mass is 10.0. The molecule has 1 aromatic rings. The predicted octanol–water partition coefficient (Wildman–Crippen LogP) is 0.969. The van der Waals surface area contributed by atoms with Crippen LogP contribution in [0.2, 0.25) is 0 Å². The maximum atomic E-state index is 13.3. The minimum Gasteiger partial charge on any atom is -0.490 e. The second-order valence-electron chi connectivity index (χ2n) is 3.40. The number of benzene rings is 1. The molecule has 2 rings (SSSR count). The molecule has 4 heteroatoms. The molecule has 1 aromatic carbocycles. The van der Waals surface area contributed by atoms with Gasteiger partial charge in [0.05, 0.1) is 12.7 Å². The van der Waals surface area contributed by atoms with E-state index >= 15 is 0 Å². The van der Waals surface area contributed by atoms with Crippen LogP contribution in [0, 0.1) is 5.82 Å². The third-order valence-corrected chi connectivity index (χ3v) is 2.42. The molecule has 0 unspecified atom stereocenters. The first kappa shape index (κ1) is 9.43. The summed E-state index contributed by atoms with van der Waals surface area (Å²) in [5.74, 6) is -0.316. The summed E-state index contributed by atoms with van der Waals surface area (Å²) in [6.45, 7) is 0.339. The van der Waals surface area contributed by atoms with Crippen molar-refractivity contribution in [2.24, 2.45) is 5.73 Å². The zero-order valence-electron chi connectivity index (χ0n) is 7.61. The molecule has 0 spiro atoms. The summed E-state index contributed by atoms with van der Waals surface area (Å²) in [6, 6.07) is 4.09. The lowest BCUT2D eigenvalue weighted by Crippen LogP contribution is -2.28. The van der Waals surface area contributed by atoms with E-state index in [1.807, 2.05) is 0 Å². The average molecular weight is 197 g/mol. The molecule has 0 bridgehead atoms. The third-order valence-electron chi connectivity index (χ3n) is 2.42. The average Bonchev–Trinajstić information content (AvgIpc) is 2.31. The van der Waals surface area contributed by atoms with Gasteiger partial charge in [0.2, 0.25) is 0 Å². The molecule has 0 radical (unpaired) electrons. The number of halogens is 1. The Hall–Kier alpha value is -1.13. The zero-order valence-corrected chi connectivity index (χ0v) is 7.61. The molecular weight excluding hydrogens is 185 g/mol. The largest absolute Gasteiger partial charge is 0.490 e. The highest BCUT2D eigenvalue weighted by Gasteiger charge is 2.25. The Kier molecular flexibility index (Phi) is 2.39. The van der Waals surface area contributed by atoms with Gasteiger partial charge in [-0.25, -0.2) is 4.39 Å². The van der Waals surface area contributed by atoms with Crippen molar-refractivity contribution >= 4 is 0 Å². The van der Waals surface area contributed by atoms with E-state index < -0.39 is 18.0 Å². The summed E-state index contributed by atoms with van der Waals surface area (Å²) >= 11 is 0. The van der Waals surface area contributed by atoms with Gasteiger partial charge in [0.15, 0.2) is 11.6 Å². The zero-order chi connectivity index (χ0) is 10.1. The van der Waals surface area contributed by atoms with E-state index in [9.17, 15) is 9.50 Å². The van der Waals surface area contributed by atoms with Crippen LogP contribution in [-0.2, 0) is 0 Å². The lowest BCUT2D eigenvalue weighted by Gasteiger charge is -2.15. The number of aliphatic hydroxyl groups is 1. The van der Waals surface area contributed by atoms with Gasteiger partial charge in [-0.15, -0.1) is 0 Å². The van der Waals surface area contributed by atoms with Crippen LogP contribution in [0.3, 0.4) is 0 Å². The van der Waals surface area contributed by atoms with Gasteiger partial charge in [-0.1, -0.05) is 12.1 Å². The second-order valence-corrected chi connectivity index (χ2v) is 3.40. The summed E-state index contributed by atoms with van der Waals surface area (Å²) in [6.07, 6.45) is -0.321. The number of aliphatic hydroxyl groups excluding tert-OH is 1. The van der Waals surface area contributed by atoms with Crippen LogP contribution >= 0.6 is 0 Å². The van der Waals surface area contributed by atoms with Gasteiger partial charge in [-0.05, 0) is 12.5 Å². The summed E-state index contributed by atoms with van der Waals surface area (Å²) in [5, 5.41) is 9.76. The van der Waals surface area contributed by atoms with E-state index in [4.69, 9.17) is 10.5 Å². The van der Waals surface area contributed by atoms with Gasteiger partial charge in [0.1, 0.15) is 0 Å². The van der Waals surface area contributed by atoms with Gasteiger partial charge in [0.25, 0.3) is 0 Å². The molecule has 3 nitrogen and oxygen atoms in total. The fourth-order valence-electron chi connectivity index (χ4n) is 1.60. The Morgan fingerprint density at radius 3 is 3.07 bits per heavy atom. The molecule has 3 N–H and O–H groups in total. The molecule has 1 aliphatic rings. The second kappa shape index (κ2) is 3.55. The molecule has 0 fully saturated rings. The molecule has 0 aliphatic carbocycles. The molecular formula is C10H12FNO2. The molecule has 1 aliphatic heterocycles. The Morgan fingerprint density at radius 2 is 2.29 bits per heavy atom. The molecule has 2 atom stereocenters. The van der Waals surface area contributed by atoms with E-state index in [1.54, 1.807) is 12.1 Å². The van der Waals surface area contributed by atoms with Crippen molar-refractivity contribution in [3.05, 3.63) is 29.6 Å². The minimum absolute atomic E-state index is 0.132. The van der Waals surface area contributed by atoms with Gasteiger partial charge in [-0.3, -0.25) is 0 Å². The van der Waals surface area contributed by atoms with Gasteiger partial charge in [0, 0.05) is 11.6 Å². The first-order valence-corrected chi connectivity index (χ1v) is 4.55. The predicted molar refractivity (Wildman–Crippen MR) is 49.4 cm³/mol. The molecule has 14 heavy (non-hydrogen) atoms. The minimum atomic E-state index is -0.844. The Labute approximate surface area is 81.3 Å². The van der Waals surface area contributed by atoms with E-state index in [0.29, 0.717) is 18.6 Å². The number of nitrogens with two attached hydrogens (primary N) is 1. The molecule has 0 aromatic heterocycles. The van der Waals surface area contributed by atoms with Crippen LogP contribution in [0.15, 0.2) is 18.2 Å². The number of hydrogen-bond donors (Lipinski definition) is 2. The molecule has 0 amide bonds. The highest BCUT2D eigenvalue weighted by Crippen LogP contribution is 2.32. The van der Waals surface area contributed by atoms with E-state index in [1.165, 1.54) is 6.07 Å². The van der Waals surface area contributed by atoms with Crippen LogP contribution in [-0.4, -0.2) is 17.8 Å². The third kappa shape index (κ3) is 1.47. The van der Waals surface area contributed by atoms with Crippen molar-refractivity contribution in [1.82, 2.24) is 0 Å². The summed E-state index contributed by atoms with van der Waals surface area (Å²) in [4.78, 5) is 0. The first-order chi connectivity index (χ1) is 6.70. The fraction of sp³-hybridized carbons (Fsp3) is 0.400. The monoisotopic (exact) mass is 197 g/mol. The molecule has 1 heterocycles. The van der Waals surface area contributed by atoms with Crippen LogP contribution in [0.4, 0.5) is 4.39 Å². The van der Waals surface area contributed by atoms with Crippen LogP contribution < -0.4 is 10.5 Å². The van der Waals surface area contributed by atoms with Crippen molar-refractivity contribution in [1.29, 1.82) is 0 Å². The Morgan fingerprint density at radius 1 is 1.50 bits per heavy atom. The maximum Gasteiger partial charge on any atom is 0.165 e. The molecule has 76 valence electrons. The van der Waals surface area contributed by atoms with Crippen molar-refractivity contribution in [2.45, 2.75) is 18.6 Å². The smallest absolute Gasteiger partial charge is 0.165 e. The lowest BCUT2D eigenvalue weighted by molar-refractivity contribution is 0.144. The van der Waals surface area contributed by atoms with Crippen LogP contribution in [0.25, 0.3) is 0 Å². The first-order valence-electron chi connectivity index (χ1n) is 4.55. The fourth-order valence-corrected chi connectivity index (χ4v) is 1.60. The number of para-hydroxylation sites is 1. The summed E-state index contributed by atoms with van der Waals surface area (Å²) in [5.41, 5.74) is 6.13. The SMILES string of the molecule is N[C@@H]1CCOc2c(F)cccc2[C@H]1O. The van der Waals surface area contributed by atoms with E-state index in [-0.39, 0.29) is 5.75 Å². The number of hydrogen-bond acceptors (Lipinski definition) is 3. The quantitative estimate of drug-likeness (QED) is 0.651. The topological polar surface area (TPSA) is 55.5 Å². The van der Waals surface area contributed by atoms with E-state index in [0.717, 1.165) is 0 Å².